The van der Waals surface area contributed by atoms with Gasteiger partial charge < -0.3 is 5.21 Å². The lowest BCUT2D eigenvalue weighted by Crippen LogP contribution is -2.18. The molecule has 2 nitrogen and oxygen atoms in total. The Kier molecular flexibility index (Phi) is 6.07. The van der Waals surface area contributed by atoms with E-state index in [9.17, 15) is 5.21 Å². The predicted octanol–water partition coefficient (Wildman–Crippen LogP) is 4.05. The van der Waals surface area contributed by atoms with E-state index in [1.807, 2.05) is 13.8 Å². The lowest BCUT2D eigenvalue weighted by molar-refractivity contribution is -0.489. The Bertz CT molecular complexity index is 404. The summed E-state index contributed by atoms with van der Waals surface area (Å²) in [7, 11) is 0. The van der Waals surface area contributed by atoms with Gasteiger partial charge in [0.1, 0.15) is 0 Å². The van der Waals surface area contributed by atoms with Gasteiger partial charge in [0.25, 0.3) is 0 Å². The summed E-state index contributed by atoms with van der Waals surface area (Å²) in [5, 5.41) is 11.6. The van der Waals surface area contributed by atoms with E-state index in [1.165, 1.54) is 11.1 Å². The van der Waals surface area contributed by atoms with Crippen LogP contribution in [0, 0.1) is 17.0 Å². The molecule has 1 rings (SSSR count). The van der Waals surface area contributed by atoms with Crippen molar-refractivity contribution in [3.05, 3.63) is 40.6 Å². The van der Waals surface area contributed by atoms with Gasteiger partial charge in [0.2, 0.25) is 0 Å². The molecule has 0 spiro atoms. The molecule has 0 fully saturated rings. The zero-order valence-corrected chi connectivity index (χ0v) is 12.9. The number of hydrogen-bond acceptors (Lipinski definition) is 1. The molecule has 0 aromatic heterocycles. The molecule has 1 aromatic rings. The molecule has 0 saturated heterocycles. The Morgan fingerprint density at radius 2 is 1.42 bits per heavy atom. The topological polar surface area (TPSA) is 26.1 Å². The van der Waals surface area contributed by atoms with Gasteiger partial charge in [-0.05, 0) is 43.7 Å². The van der Waals surface area contributed by atoms with Crippen molar-refractivity contribution in [3.63, 3.8) is 0 Å². The van der Waals surface area contributed by atoms with Crippen molar-refractivity contribution >= 4 is 6.21 Å². The van der Waals surface area contributed by atoms with Gasteiger partial charge in [-0.15, -0.1) is 0 Å². The van der Waals surface area contributed by atoms with E-state index in [2.05, 4.69) is 45.0 Å². The maximum absolute atomic E-state index is 11.6. The Morgan fingerprint density at radius 3 is 1.84 bits per heavy atom. The summed E-state index contributed by atoms with van der Waals surface area (Å²) in [4.78, 5) is 0. The van der Waals surface area contributed by atoms with Crippen LogP contribution in [0.1, 0.15) is 45.7 Å². The van der Waals surface area contributed by atoms with Crippen molar-refractivity contribution in [3.8, 4) is 0 Å². The Morgan fingerprint density at radius 1 is 0.947 bits per heavy atom. The molecular formula is C17H27NO. The van der Waals surface area contributed by atoms with Gasteiger partial charge in [0.15, 0.2) is 12.3 Å². The molecule has 106 valence electrons. The Balaban J connectivity index is 2.60. The van der Waals surface area contributed by atoms with Gasteiger partial charge in [-0.25, -0.2) is 4.74 Å². The molecule has 1 aromatic carbocycles. The third-order valence-corrected chi connectivity index (χ3v) is 3.13. The molecule has 19 heavy (non-hydrogen) atoms. The van der Waals surface area contributed by atoms with E-state index >= 15 is 0 Å². The van der Waals surface area contributed by atoms with Crippen molar-refractivity contribution in [1.29, 1.82) is 0 Å². The molecule has 0 aliphatic rings. The van der Waals surface area contributed by atoms with Crippen molar-refractivity contribution in [1.82, 2.24) is 0 Å². The van der Waals surface area contributed by atoms with Crippen LogP contribution in [0.5, 0.6) is 0 Å². The van der Waals surface area contributed by atoms with E-state index in [0.717, 1.165) is 17.6 Å². The first-order valence-corrected chi connectivity index (χ1v) is 7.26. The van der Waals surface area contributed by atoms with E-state index in [-0.39, 0.29) is 12.0 Å². The van der Waals surface area contributed by atoms with Crippen LogP contribution in [0.3, 0.4) is 0 Å². The molecular weight excluding hydrogens is 234 g/mol. The smallest absolute Gasteiger partial charge is 0.157 e. The van der Waals surface area contributed by atoms with E-state index in [0.29, 0.717) is 5.92 Å². The minimum atomic E-state index is 0.0240. The van der Waals surface area contributed by atoms with Gasteiger partial charge in [-0.3, -0.25) is 0 Å². The van der Waals surface area contributed by atoms with Crippen molar-refractivity contribution in [2.75, 3.05) is 0 Å². The first-order chi connectivity index (χ1) is 8.88. The molecule has 0 aliphatic heterocycles. The summed E-state index contributed by atoms with van der Waals surface area (Å²) in [5.41, 5.74) is 2.69. The molecule has 0 N–H and O–H groups in total. The first-order valence-electron chi connectivity index (χ1n) is 7.26. The molecule has 0 bridgehead atoms. The van der Waals surface area contributed by atoms with Crippen LogP contribution in [-0.2, 0) is 12.8 Å². The second-order valence-corrected chi connectivity index (χ2v) is 6.20. The Hall–Kier alpha value is -1.31. The summed E-state index contributed by atoms with van der Waals surface area (Å²) < 4.78 is 1.05. The maximum atomic E-state index is 11.6. The normalized spacial score (nSPS) is 14.2. The zero-order chi connectivity index (χ0) is 14.4. The maximum Gasteiger partial charge on any atom is 0.157 e. The van der Waals surface area contributed by atoms with E-state index in [1.54, 1.807) is 6.21 Å². The predicted molar refractivity (Wildman–Crippen MR) is 82.7 cm³/mol. The summed E-state index contributed by atoms with van der Waals surface area (Å²) in [6, 6.07) is 8.81. The molecule has 0 saturated carbocycles. The molecule has 1 atom stereocenters. The minimum absolute atomic E-state index is 0.0240. The molecule has 1 unspecified atom stereocenters. The Labute approximate surface area is 117 Å². The highest BCUT2D eigenvalue weighted by Crippen LogP contribution is 2.12. The SMILES string of the molecule is CC(C)Cc1ccc(CC(C)/C=[N+](/[O-])C(C)C)cc1. The summed E-state index contributed by atoms with van der Waals surface area (Å²) in [6.07, 6.45) is 3.84. The average molecular weight is 261 g/mol. The monoisotopic (exact) mass is 261 g/mol. The van der Waals surface area contributed by atoms with Crippen LogP contribution in [0.2, 0.25) is 0 Å². The van der Waals surface area contributed by atoms with Crippen LogP contribution in [0.15, 0.2) is 24.3 Å². The van der Waals surface area contributed by atoms with Crippen LogP contribution >= 0.6 is 0 Å². The summed E-state index contributed by atoms with van der Waals surface area (Å²) >= 11 is 0. The number of hydrogen-bond donors (Lipinski definition) is 0. The summed E-state index contributed by atoms with van der Waals surface area (Å²) in [5.74, 6) is 0.967. The molecule has 0 aliphatic carbocycles. The fourth-order valence-electron chi connectivity index (χ4n) is 2.13. The van der Waals surface area contributed by atoms with Crippen LogP contribution < -0.4 is 0 Å². The number of rotatable bonds is 6. The van der Waals surface area contributed by atoms with E-state index in [4.69, 9.17) is 0 Å². The second kappa shape index (κ2) is 7.32. The fourth-order valence-corrected chi connectivity index (χ4v) is 2.13. The molecule has 2 heteroatoms. The summed E-state index contributed by atoms with van der Waals surface area (Å²) in [6.45, 7) is 10.4. The lowest BCUT2D eigenvalue weighted by atomic mass is 9.98. The standard InChI is InChI=1S/C17H27NO/c1-13(2)10-16-6-8-17(9-7-16)11-15(5)12-18(19)14(3)4/h6-9,12-15H,10-11H2,1-5H3/b18-12+. The highest BCUT2D eigenvalue weighted by molar-refractivity contribution is 5.55. The van der Waals surface area contributed by atoms with Crippen LogP contribution in [0.25, 0.3) is 0 Å². The van der Waals surface area contributed by atoms with Gasteiger partial charge in [0, 0.05) is 5.92 Å². The molecule has 0 heterocycles. The van der Waals surface area contributed by atoms with Crippen molar-refractivity contribution in [2.24, 2.45) is 11.8 Å². The van der Waals surface area contributed by atoms with Crippen LogP contribution in [0.4, 0.5) is 0 Å². The minimum Gasteiger partial charge on any atom is -0.624 e. The van der Waals surface area contributed by atoms with Crippen molar-refractivity contribution in [2.45, 2.75) is 53.5 Å². The second-order valence-electron chi connectivity index (χ2n) is 6.20. The van der Waals surface area contributed by atoms with Gasteiger partial charge in [-0.1, -0.05) is 45.0 Å². The highest BCUT2D eigenvalue weighted by atomic mass is 16.5. The first kappa shape index (κ1) is 15.7. The van der Waals surface area contributed by atoms with E-state index < -0.39 is 0 Å². The highest BCUT2D eigenvalue weighted by Gasteiger charge is 2.07. The fraction of sp³-hybridized carbons (Fsp3) is 0.588. The molecule has 0 amide bonds. The molecule has 0 radical (unpaired) electrons. The third-order valence-electron chi connectivity index (χ3n) is 3.13. The average Bonchev–Trinajstić information content (AvgIpc) is 2.30. The largest absolute Gasteiger partial charge is 0.624 e. The third kappa shape index (κ3) is 5.91. The van der Waals surface area contributed by atoms with Gasteiger partial charge >= 0.3 is 0 Å². The number of benzene rings is 1. The van der Waals surface area contributed by atoms with Crippen molar-refractivity contribution < 1.29 is 4.74 Å². The van der Waals surface area contributed by atoms with Gasteiger partial charge in [-0.2, -0.15) is 0 Å². The van der Waals surface area contributed by atoms with Crippen LogP contribution in [-0.4, -0.2) is 17.0 Å². The number of nitrogens with zero attached hydrogens (tertiary/aromatic N) is 1. The quantitative estimate of drug-likeness (QED) is 0.328. The zero-order valence-electron chi connectivity index (χ0n) is 12.9. The lowest BCUT2D eigenvalue weighted by Gasteiger charge is -2.11. The van der Waals surface area contributed by atoms with Gasteiger partial charge in [0.05, 0.1) is 0 Å². The number of hydroxylamine groups is 1.